The molecule has 2 N–H and O–H groups in total. The van der Waals surface area contributed by atoms with E-state index in [1.54, 1.807) is 0 Å². The summed E-state index contributed by atoms with van der Waals surface area (Å²) in [5.74, 6) is 0.630. The van der Waals surface area contributed by atoms with Crippen LogP contribution in [0.3, 0.4) is 0 Å². The predicted molar refractivity (Wildman–Crippen MR) is 113 cm³/mol. The van der Waals surface area contributed by atoms with Crippen molar-refractivity contribution in [2.75, 3.05) is 26.2 Å². The molecule has 0 spiro atoms. The summed E-state index contributed by atoms with van der Waals surface area (Å²) in [6.07, 6.45) is 6.87. The fraction of sp³-hybridized carbons (Fsp3) is 0.364. The van der Waals surface area contributed by atoms with E-state index in [0.29, 0.717) is 19.0 Å². The fourth-order valence-electron chi connectivity index (χ4n) is 3.97. The quantitative estimate of drug-likeness (QED) is 0.667. The second kappa shape index (κ2) is 8.76. The molecular weight excluding hydrogens is 372 g/mol. The molecule has 28 heavy (non-hydrogen) atoms. The maximum Gasteiger partial charge on any atom is 0.234 e. The van der Waals surface area contributed by atoms with Gasteiger partial charge in [-0.05, 0) is 73.7 Å². The molecule has 1 saturated heterocycles. The van der Waals surface area contributed by atoms with Gasteiger partial charge in [-0.2, -0.15) is 0 Å². The molecule has 0 atom stereocenters. The highest BCUT2D eigenvalue weighted by molar-refractivity contribution is 6.30. The Morgan fingerprint density at radius 1 is 1.21 bits per heavy atom. The molecule has 0 aliphatic carbocycles. The number of carbonyl (C=O) groups excluding carboxylic acids is 1. The number of benzene rings is 1. The second-order valence-electron chi connectivity index (χ2n) is 7.42. The van der Waals surface area contributed by atoms with Crippen molar-refractivity contribution in [2.45, 2.75) is 25.2 Å². The number of H-pyrrole nitrogens is 1. The van der Waals surface area contributed by atoms with E-state index in [9.17, 15) is 4.79 Å². The van der Waals surface area contributed by atoms with Gasteiger partial charge in [0.25, 0.3) is 0 Å². The zero-order chi connectivity index (χ0) is 19.3. The number of aromatic nitrogens is 2. The number of nitrogens with one attached hydrogen (secondary N) is 2. The van der Waals surface area contributed by atoms with Crippen molar-refractivity contribution in [3.63, 3.8) is 0 Å². The van der Waals surface area contributed by atoms with E-state index in [-0.39, 0.29) is 5.91 Å². The van der Waals surface area contributed by atoms with Crippen LogP contribution in [-0.2, 0) is 11.2 Å². The van der Waals surface area contributed by atoms with Crippen molar-refractivity contribution in [1.82, 2.24) is 20.2 Å². The van der Waals surface area contributed by atoms with Crippen LogP contribution in [0.15, 0.2) is 48.8 Å². The molecule has 1 aliphatic heterocycles. The minimum absolute atomic E-state index is 0.101. The molecule has 1 aromatic carbocycles. The smallest absolute Gasteiger partial charge is 0.234 e. The maximum atomic E-state index is 12.3. The molecule has 4 rings (SSSR count). The molecular formula is C22H25ClN4O. The Morgan fingerprint density at radius 2 is 2.00 bits per heavy atom. The zero-order valence-electron chi connectivity index (χ0n) is 15.8. The molecule has 1 amide bonds. The standard InChI is InChI=1S/C22H25ClN4O/c23-18-5-3-16(4-6-18)7-11-24-21(28)15-27-12-8-17(9-13-27)20-14-26-22-19(20)2-1-10-25-22/h1-6,10,14,17H,7-9,11-13,15H2,(H,24,28)(H,25,26). The third kappa shape index (κ3) is 4.54. The Kier molecular flexibility index (Phi) is 5.93. The van der Waals surface area contributed by atoms with Gasteiger partial charge in [0.05, 0.1) is 6.54 Å². The zero-order valence-corrected chi connectivity index (χ0v) is 16.6. The van der Waals surface area contributed by atoms with E-state index in [4.69, 9.17) is 11.6 Å². The first-order valence-corrected chi connectivity index (χ1v) is 10.2. The number of amides is 1. The number of pyridine rings is 1. The fourth-order valence-corrected chi connectivity index (χ4v) is 4.10. The van der Waals surface area contributed by atoms with E-state index in [1.807, 2.05) is 36.5 Å². The number of halogens is 1. The van der Waals surface area contributed by atoms with Crippen molar-refractivity contribution in [3.05, 3.63) is 64.9 Å². The molecule has 1 fully saturated rings. The SMILES string of the molecule is O=C(CN1CCC(c2c[nH]c3ncccc23)CC1)NCCc1ccc(Cl)cc1. The van der Waals surface area contributed by atoms with Gasteiger partial charge in [0.2, 0.25) is 5.91 Å². The first kappa shape index (κ1) is 19.0. The average molecular weight is 397 g/mol. The molecule has 3 aromatic rings. The van der Waals surface area contributed by atoms with Gasteiger partial charge in [-0.1, -0.05) is 23.7 Å². The lowest BCUT2D eigenvalue weighted by atomic mass is 9.89. The van der Waals surface area contributed by atoms with Crippen LogP contribution < -0.4 is 5.32 Å². The van der Waals surface area contributed by atoms with E-state index < -0.39 is 0 Å². The minimum atomic E-state index is 0.101. The maximum absolute atomic E-state index is 12.3. The van der Waals surface area contributed by atoms with Crippen LogP contribution in [0, 0.1) is 0 Å². The lowest BCUT2D eigenvalue weighted by Crippen LogP contribution is -2.41. The average Bonchev–Trinajstić information content (AvgIpc) is 3.14. The highest BCUT2D eigenvalue weighted by Crippen LogP contribution is 2.32. The molecule has 0 radical (unpaired) electrons. The molecule has 0 bridgehead atoms. The topological polar surface area (TPSA) is 61.0 Å². The second-order valence-corrected chi connectivity index (χ2v) is 7.86. The van der Waals surface area contributed by atoms with Crippen molar-refractivity contribution in [2.24, 2.45) is 0 Å². The van der Waals surface area contributed by atoms with Crippen LogP contribution in [0.4, 0.5) is 0 Å². The van der Waals surface area contributed by atoms with E-state index in [1.165, 1.54) is 16.5 Å². The lowest BCUT2D eigenvalue weighted by Gasteiger charge is -2.31. The number of piperidine rings is 1. The normalized spacial score (nSPS) is 15.8. The van der Waals surface area contributed by atoms with Crippen LogP contribution >= 0.6 is 11.6 Å². The molecule has 3 heterocycles. The number of rotatable bonds is 6. The van der Waals surface area contributed by atoms with E-state index in [2.05, 4.69) is 32.4 Å². The van der Waals surface area contributed by atoms with Crippen LogP contribution in [-0.4, -0.2) is 47.0 Å². The molecule has 0 saturated carbocycles. The molecule has 1 aliphatic rings. The monoisotopic (exact) mass is 396 g/mol. The predicted octanol–water partition coefficient (Wildman–Crippen LogP) is 3.75. The number of fused-ring (bicyclic) bond motifs is 1. The van der Waals surface area contributed by atoms with Gasteiger partial charge in [-0.25, -0.2) is 4.98 Å². The number of carbonyl (C=O) groups is 1. The Bertz CT molecular complexity index is 929. The van der Waals surface area contributed by atoms with E-state index in [0.717, 1.165) is 43.0 Å². The van der Waals surface area contributed by atoms with Gasteiger partial charge in [-0.3, -0.25) is 9.69 Å². The third-order valence-corrected chi connectivity index (χ3v) is 5.78. The Morgan fingerprint density at radius 3 is 2.79 bits per heavy atom. The van der Waals surface area contributed by atoms with Gasteiger partial charge in [0.15, 0.2) is 0 Å². The lowest BCUT2D eigenvalue weighted by molar-refractivity contribution is -0.122. The van der Waals surface area contributed by atoms with Crippen molar-refractivity contribution >= 4 is 28.5 Å². The summed E-state index contributed by atoms with van der Waals surface area (Å²) in [6.45, 7) is 3.02. The van der Waals surface area contributed by atoms with Gasteiger partial charge < -0.3 is 10.3 Å². The van der Waals surface area contributed by atoms with Crippen molar-refractivity contribution in [3.8, 4) is 0 Å². The Hall–Kier alpha value is -2.37. The Labute approximate surface area is 170 Å². The largest absolute Gasteiger partial charge is 0.355 e. The molecule has 6 heteroatoms. The summed E-state index contributed by atoms with van der Waals surface area (Å²) in [5, 5.41) is 4.99. The summed E-state index contributed by atoms with van der Waals surface area (Å²) in [6, 6.07) is 11.9. The van der Waals surface area contributed by atoms with Gasteiger partial charge in [0, 0.05) is 29.3 Å². The molecule has 2 aromatic heterocycles. The van der Waals surface area contributed by atoms with Crippen molar-refractivity contribution in [1.29, 1.82) is 0 Å². The minimum Gasteiger partial charge on any atom is -0.355 e. The van der Waals surface area contributed by atoms with E-state index >= 15 is 0 Å². The first-order chi connectivity index (χ1) is 13.7. The highest BCUT2D eigenvalue weighted by Gasteiger charge is 2.24. The van der Waals surface area contributed by atoms with Crippen LogP contribution in [0.1, 0.15) is 29.9 Å². The molecule has 5 nitrogen and oxygen atoms in total. The number of hydrogen-bond acceptors (Lipinski definition) is 3. The number of hydrogen-bond donors (Lipinski definition) is 2. The summed E-state index contributed by atoms with van der Waals surface area (Å²) < 4.78 is 0. The third-order valence-electron chi connectivity index (χ3n) is 5.53. The summed E-state index contributed by atoms with van der Waals surface area (Å²) in [7, 11) is 0. The molecule has 146 valence electrons. The number of aromatic amines is 1. The summed E-state index contributed by atoms with van der Waals surface area (Å²) >= 11 is 5.90. The van der Waals surface area contributed by atoms with Gasteiger partial charge >= 0.3 is 0 Å². The van der Waals surface area contributed by atoms with Gasteiger partial charge in [-0.15, -0.1) is 0 Å². The Balaban J connectivity index is 1.22. The van der Waals surface area contributed by atoms with Gasteiger partial charge in [0.1, 0.15) is 5.65 Å². The first-order valence-electron chi connectivity index (χ1n) is 9.84. The van der Waals surface area contributed by atoms with Crippen molar-refractivity contribution < 1.29 is 4.79 Å². The number of nitrogens with zero attached hydrogens (tertiary/aromatic N) is 2. The summed E-state index contributed by atoms with van der Waals surface area (Å²) in [5.41, 5.74) is 3.49. The van der Waals surface area contributed by atoms with Crippen LogP contribution in [0.5, 0.6) is 0 Å². The van der Waals surface area contributed by atoms with Crippen LogP contribution in [0.25, 0.3) is 11.0 Å². The van der Waals surface area contributed by atoms with Crippen LogP contribution in [0.2, 0.25) is 5.02 Å². The summed E-state index contributed by atoms with van der Waals surface area (Å²) in [4.78, 5) is 22.2. The highest BCUT2D eigenvalue weighted by atomic mass is 35.5. The number of likely N-dealkylation sites (tertiary alicyclic amines) is 1. The molecule has 0 unspecified atom stereocenters.